The summed E-state index contributed by atoms with van der Waals surface area (Å²) in [6.45, 7) is 1.42. The summed E-state index contributed by atoms with van der Waals surface area (Å²) < 4.78 is 13.0. The minimum absolute atomic E-state index is 0.0427. The van der Waals surface area contributed by atoms with Gasteiger partial charge in [-0.3, -0.25) is 9.59 Å². The van der Waals surface area contributed by atoms with Crippen LogP contribution in [0.25, 0.3) is 0 Å². The van der Waals surface area contributed by atoms with Crippen LogP contribution in [-0.4, -0.2) is 63.1 Å². The summed E-state index contributed by atoms with van der Waals surface area (Å²) in [7, 11) is 0. The van der Waals surface area contributed by atoms with E-state index in [1.54, 1.807) is 4.90 Å². The van der Waals surface area contributed by atoms with Crippen LogP contribution in [0.4, 0.5) is 4.39 Å². The molecule has 2 amide bonds. The largest absolute Gasteiger partial charge is 0.504 e. The SMILES string of the molecule is O=C(c1ccc(F)cc1)N1CCCN(C(=O)c2cc(O)c(O)c(O)c2)CC1. The quantitative estimate of drug-likeness (QED) is 0.698. The molecule has 1 saturated heterocycles. The Hall–Kier alpha value is -3.29. The second kappa shape index (κ2) is 7.53. The molecule has 7 nitrogen and oxygen atoms in total. The maximum absolute atomic E-state index is 13.0. The van der Waals surface area contributed by atoms with Crippen LogP contribution in [0.3, 0.4) is 0 Å². The average molecular weight is 374 g/mol. The smallest absolute Gasteiger partial charge is 0.254 e. The summed E-state index contributed by atoms with van der Waals surface area (Å²) in [5, 5.41) is 28.6. The molecule has 0 unspecified atom stereocenters. The van der Waals surface area contributed by atoms with Crippen molar-refractivity contribution < 1.29 is 29.3 Å². The van der Waals surface area contributed by atoms with Crippen molar-refractivity contribution in [1.29, 1.82) is 0 Å². The zero-order chi connectivity index (χ0) is 19.6. The molecule has 27 heavy (non-hydrogen) atoms. The molecule has 0 atom stereocenters. The summed E-state index contributed by atoms with van der Waals surface area (Å²) in [4.78, 5) is 28.3. The van der Waals surface area contributed by atoms with Crippen LogP contribution in [-0.2, 0) is 0 Å². The maximum Gasteiger partial charge on any atom is 0.254 e. The third-order valence-electron chi connectivity index (χ3n) is 4.48. The van der Waals surface area contributed by atoms with Gasteiger partial charge in [0.05, 0.1) is 0 Å². The van der Waals surface area contributed by atoms with Gasteiger partial charge in [0.25, 0.3) is 11.8 Å². The van der Waals surface area contributed by atoms with Crippen molar-refractivity contribution in [3.8, 4) is 17.2 Å². The van der Waals surface area contributed by atoms with Crippen molar-refractivity contribution >= 4 is 11.8 Å². The van der Waals surface area contributed by atoms with Gasteiger partial charge in [0.15, 0.2) is 17.2 Å². The highest BCUT2D eigenvalue weighted by molar-refractivity contribution is 5.96. The van der Waals surface area contributed by atoms with Crippen LogP contribution in [0, 0.1) is 5.82 Å². The van der Waals surface area contributed by atoms with Crippen LogP contribution in [0.15, 0.2) is 36.4 Å². The molecule has 1 aliphatic rings. The van der Waals surface area contributed by atoms with E-state index in [1.165, 1.54) is 29.2 Å². The van der Waals surface area contributed by atoms with Crippen molar-refractivity contribution in [3.05, 3.63) is 53.3 Å². The number of amides is 2. The molecular weight excluding hydrogens is 355 g/mol. The number of rotatable bonds is 2. The number of carbonyl (C=O) groups is 2. The molecule has 0 saturated carbocycles. The monoisotopic (exact) mass is 374 g/mol. The second-order valence-corrected chi connectivity index (χ2v) is 6.31. The molecule has 3 N–H and O–H groups in total. The minimum Gasteiger partial charge on any atom is -0.504 e. The van der Waals surface area contributed by atoms with Crippen molar-refractivity contribution in [2.45, 2.75) is 6.42 Å². The highest BCUT2D eigenvalue weighted by atomic mass is 19.1. The molecule has 1 fully saturated rings. The Labute approximate surface area is 154 Å². The average Bonchev–Trinajstić information content (AvgIpc) is 2.91. The number of phenols is 3. The Balaban J connectivity index is 1.70. The highest BCUT2D eigenvalue weighted by Gasteiger charge is 2.24. The number of halogens is 1. The number of phenolic OH excluding ortho intramolecular Hbond substituents is 3. The third kappa shape index (κ3) is 3.94. The second-order valence-electron chi connectivity index (χ2n) is 6.31. The summed E-state index contributed by atoms with van der Waals surface area (Å²) >= 11 is 0. The van der Waals surface area contributed by atoms with Gasteiger partial charge in [-0.25, -0.2) is 4.39 Å². The van der Waals surface area contributed by atoms with E-state index in [9.17, 15) is 29.3 Å². The molecule has 0 aromatic heterocycles. The normalized spacial score (nSPS) is 14.7. The van der Waals surface area contributed by atoms with Gasteiger partial charge in [-0.2, -0.15) is 0 Å². The van der Waals surface area contributed by atoms with Crippen LogP contribution < -0.4 is 0 Å². The first-order valence-corrected chi connectivity index (χ1v) is 8.46. The molecule has 0 spiro atoms. The zero-order valence-corrected chi connectivity index (χ0v) is 14.4. The molecule has 3 rings (SSSR count). The lowest BCUT2D eigenvalue weighted by Crippen LogP contribution is -2.37. The van der Waals surface area contributed by atoms with E-state index < -0.39 is 29.0 Å². The van der Waals surface area contributed by atoms with Crippen molar-refractivity contribution in [2.24, 2.45) is 0 Å². The van der Waals surface area contributed by atoms with Crippen molar-refractivity contribution in [2.75, 3.05) is 26.2 Å². The first kappa shape index (κ1) is 18.5. The van der Waals surface area contributed by atoms with E-state index in [0.29, 0.717) is 31.6 Å². The van der Waals surface area contributed by atoms with Gasteiger partial charge < -0.3 is 25.1 Å². The topological polar surface area (TPSA) is 101 Å². The van der Waals surface area contributed by atoms with Crippen LogP contribution in [0.2, 0.25) is 0 Å². The van der Waals surface area contributed by atoms with Gasteiger partial charge in [0.1, 0.15) is 5.82 Å². The molecule has 1 heterocycles. The fourth-order valence-electron chi connectivity index (χ4n) is 3.01. The highest BCUT2D eigenvalue weighted by Crippen LogP contribution is 2.35. The van der Waals surface area contributed by atoms with E-state index in [-0.39, 0.29) is 18.0 Å². The molecule has 0 aliphatic carbocycles. The Morgan fingerprint density at radius 3 is 1.78 bits per heavy atom. The lowest BCUT2D eigenvalue weighted by atomic mass is 10.1. The summed E-state index contributed by atoms with van der Waals surface area (Å²) in [6, 6.07) is 7.48. The molecule has 142 valence electrons. The summed E-state index contributed by atoms with van der Waals surface area (Å²) in [5.74, 6) is -2.92. The lowest BCUT2D eigenvalue weighted by molar-refractivity contribution is 0.0718. The molecule has 1 aliphatic heterocycles. The minimum atomic E-state index is -0.682. The predicted octanol–water partition coefficient (Wildman–Crippen LogP) is 1.93. The predicted molar refractivity (Wildman–Crippen MR) is 94.3 cm³/mol. The Morgan fingerprint density at radius 2 is 1.26 bits per heavy atom. The molecule has 2 aromatic carbocycles. The van der Waals surface area contributed by atoms with E-state index in [2.05, 4.69) is 0 Å². The first-order valence-electron chi connectivity index (χ1n) is 8.46. The Kier molecular flexibility index (Phi) is 5.16. The molecular formula is C19H19FN2O5. The van der Waals surface area contributed by atoms with E-state index >= 15 is 0 Å². The Bertz CT molecular complexity index is 846. The van der Waals surface area contributed by atoms with Gasteiger partial charge in [-0.1, -0.05) is 0 Å². The summed E-state index contributed by atoms with van der Waals surface area (Å²) in [5.41, 5.74) is 0.422. The van der Waals surface area contributed by atoms with Gasteiger partial charge in [-0.15, -0.1) is 0 Å². The third-order valence-corrected chi connectivity index (χ3v) is 4.48. The van der Waals surface area contributed by atoms with Crippen LogP contribution >= 0.6 is 0 Å². The molecule has 2 aromatic rings. The lowest BCUT2D eigenvalue weighted by Gasteiger charge is -2.22. The molecule has 0 radical (unpaired) electrons. The van der Waals surface area contributed by atoms with E-state index in [1.807, 2.05) is 0 Å². The number of nitrogens with zero attached hydrogens (tertiary/aromatic N) is 2. The van der Waals surface area contributed by atoms with Gasteiger partial charge >= 0.3 is 0 Å². The fourth-order valence-corrected chi connectivity index (χ4v) is 3.01. The van der Waals surface area contributed by atoms with Crippen molar-refractivity contribution in [3.63, 3.8) is 0 Å². The van der Waals surface area contributed by atoms with Gasteiger partial charge in [0, 0.05) is 37.3 Å². The molecule has 8 heteroatoms. The number of hydrogen-bond donors (Lipinski definition) is 3. The first-order chi connectivity index (χ1) is 12.9. The van der Waals surface area contributed by atoms with Gasteiger partial charge in [-0.05, 0) is 42.8 Å². The summed E-state index contributed by atoms with van der Waals surface area (Å²) in [6.07, 6.45) is 0.550. The number of carbonyl (C=O) groups excluding carboxylic acids is 2. The fraction of sp³-hybridized carbons (Fsp3) is 0.263. The van der Waals surface area contributed by atoms with Crippen LogP contribution in [0.1, 0.15) is 27.1 Å². The van der Waals surface area contributed by atoms with Crippen molar-refractivity contribution in [1.82, 2.24) is 9.80 Å². The zero-order valence-electron chi connectivity index (χ0n) is 14.4. The molecule has 0 bridgehead atoms. The van der Waals surface area contributed by atoms with E-state index in [4.69, 9.17) is 0 Å². The van der Waals surface area contributed by atoms with E-state index in [0.717, 1.165) is 12.1 Å². The van der Waals surface area contributed by atoms with Crippen LogP contribution in [0.5, 0.6) is 17.2 Å². The Morgan fingerprint density at radius 1 is 0.778 bits per heavy atom. The standard InChI is InChI=1S/C19H19FN2O5/c20-14-4-2-12(3-5-14)18(26)21-6-1-7-22(9-8-21)19(27)13-10-15(23)17(25)16(24)11-13/h2-5,10-11,23-25H,1,6-9H2. The van der Waals surface area contributed by atoms with Gasteiger partial charge in [0.2, 0.25) is 0 Å². The number of aromatic hydroxyl groups is 3. The maximum atomic E-state index is 13.0. The number of hydrogen-bond acceptors (Lipinski definition) is 5. The number of benzene rings is 2.